The molecule has 0 N–H and O–H groups in total. The van der Waals surface area contributed by atoms with Gasteiger partial charge in [0.25, 0.3) is 0 Å². The Balaban J connectivity index is 1.29. The number of carbonyl (C=O) groups is 1. The van der Waals surface area contributed by atoms with Gasteiger partial charge in [0.05, 0.1) is 5.52 Å². The number of aryl methyl sites for hydroxylation is 2. The first-order valence-corrected chi connectivity index (χ1v) is 10.8. The molecule has 0 atom stereocenters. The molecule has 6 nitrogen and oxygen atoms in total. The van der Waals surface area contributed by atoms with E-state index in [0.29, 0.717) is 18.9 Å². The number of amides is 1. The van der Waals surface area contributed by atoms with Crippen molar-refractivity contribution in [3.8, 4) is 0 Å². The number of benzene rings is 1. The Labute approximate surface area is 176 Å². The standard InChI is InChI=1S/C24H27N5O/c1-17-20(18(2)29-24(25-17)21-7-3-4-8-22(21)26-29)9-10-23(30)28-15-11-19(12-16-28)27-13-5-6-14-27/h3-8,13-14,19H,9-12,15-16H2,1-2H3. The Hall–Kier alpha value is -3.15. The quantitative estimate of drug-likeness (QED) is 0.517. The number of piperidine rings is 1. The van der Waals surface area contributed by atoms with Crippen LogP contribution in [0.4, 0.5) is 0 Å². The van der Waals surface area contributed by atoms with Crippen molar-refractivity contribution in [3.05, 3.63) is 65.7 Å². The molecule has 0 spiro atoms. The van der Waals surface area contributed by atoms with E-state index in [1.54, 1.807) is 0 Å². The van der Waals surface area contributed by atoms with Crippen molar-refractivity contribution in [3.63, 3.8) is 0 Å². The van der Waals surface area contributed by atoms with Gasteiger partial charge in [0.15, 0.2) is 5.65 Å². The summed E-state index contributed by atoms with van der Waals surface area (Å²) >= 11 is 0. The first-order valence-electron chi connectivity index (χ1n) is 10.8. The fourth-order valence-electron chi connectivity index (χ4n) is 4.73. The van der Waals surface area contributed by atoms with Crippen LogP contribution >= 0.6 is 0 Å². The van der Waals surface area contributed by atoms with Crippen LogP contribution in [0.15, 0.2) is 48.8 Å². The van der Waals surface area contributed by atoms with Gasteiger partial charge in [0.2, 0.25) is 5.91 Å². The molecule has 0 bridgehead atoms. The van der Waals surface area contributed by atoms with E-state index in [4.69, 9.17) is 10.1 Å². The molecular formula is C24H27N5O. The van der Waals surface area contributed by atoms with Gasteiger partial charge in [-0.1, -0.05) is 12.1 Å². The lowest BCUT2D eigenvalue weighted by molar-refractivity contribution is -0.132. The van der Waals surface area contributed by atoms with Gasteiger partial charge in [-0.15, -0.1) is 0 Å². The summed E-state index contributed by atoms with van der Waals surface area (Å²) < 4.78 is 4.20. The summed E-state index contributed by atoms with van der Waals surface area (Å²) in [6.07, 6.45) is 7.50. The molecule has 6 heteroatoms. The Morgan fingerprint density at radius 2 is 1.80 bits per heavy atom. The Kier molecular flexibility index (Phi) is 4.77. The van der Waals surface area contributed by atoms with Crippen LogP contribution in [-0.2, 0) is 11.2 Å². The number of carbonyl (C=O) groups excluding carboxylic acids is 1. The SMILES string of the molecule is Cc1nc2c3ccccc3nn2c(C)c1CCC(=O)N1CCC(n2cccc2)CC1. The minimum Gasteiger partial charge on any atom is -0.351 e. The number of likely N-dealkylation sites (tertiary alicyclic amines) is 1. The fourth-order valence-corrected chi connectivity index (χ4v) is 4.73. The average molecular weight is 402 g/mol. The summed E-state index contributed by atoms with van der Waals surface area (Å²) in [5.41, 5.74) is 5.04. The van der Waals surface area contributed by atoms with Crippen molar-refractivity contribution in [2.24, 2.45) is 0 Å². The Bertz CT molecular complexity index is 1200. The second-order valence-electron chi connectivity index (χ2n) is 8.26. The van der Waals surface area contributed by atoms with Crippen molar-refractivity contribution in [2.75, 3.05) is 13.1 Å². The average Bonchev–Trinajstić information content (AvgIpc) is 3.42. The van der Waals surface area contributed by atoms with Crippen molar-refractivity contribution >= 4 is 22.5 Å². The molecule has 3 aromatic heterocycles. The molecule has 1 fully saturated rings. The van der Waals surface area contributed by atoms with Crippen LogP contribution in [-0.4, -0.2) is 43.1 Å². The third kappa shape index (κ3) is 3.26. The zero-order chi connectivity index (χ0) is 20.7. The van der Waals surface area contributed by atoms with Crippen LogP contribution in [0, 0.1) is 13.8 Å². The Morgan fingerprint density at radius 3 is 2.57 bits per heavy atom. The molecule has 0 unspecified atom stereocenters. The van der Waals surface area contributed by atoms with Crippen LogP contribution < -0.4 is 0 Å². The minimum atomic E-state index is 0.241. The van der Waals surface area contributed by atoms with E-state index in [9.17, 15) is 4.79 Å². The van der Waals surface area contributed by atoms with Crippen LogP contribution in [0.2, 0.25) is 0 Å². The fraction of sp³-hybridized carbons (Fsp3) is 0.375. The van der Waals surface area contributed by atoms with Gasteiger partial charge in [0, 0.05) is 54.7 Å². The van der Waals surface area contributed by atoms with Crippen molar-refractivity contribution in [2.45, 2.75) is 45.6 Å². The summed E-state index contributed by atoms with van der Waals surface area (Å²) in [6, 6.07) is 12.7. The summed E-state index contributed by atoms with van der Waals surface area (Å²) in [5, 5.41) is 5.79. The Morgan fingerprint density at radius 1 is 1.07 bits per heavy atom. The number of fused-ring (bicyclic) bond motifs is 3. The molecule has 4 heterocycles. The minimum absolute atomic E-state index is 0.241. The molecule has 1 amide bonds. The number of aromatic nitrogens is 4. The van der Waals surface area contributed by atoms with Gasteiger partial charge in [-0.3, -0.25) is 4.79 Å². The number of rotatable bonds is 4. The highest BCUT2D eigenvalue weighted by molar-refractivity contribution is 5.92. The first-order chi connectivity index (χ1) is 14.6. The van der Waals surface area contributed by atoms with E-state index in [-0.39, 0.29) is 5.91 Å². The molecule has 1 aliphatic heterocycles. The van der Waals surface area contributed by atoms with Crippen molar-refractivity contribution in [1.82, 2.24) is 24.1 Å². The topological polar surface area (TPSA) is 55.4 Å². The summed E-state index contributed by atoms with van der Waals surface area (Å²) in [6.45, 7) is 5.79. The van der Waals surface area contributed by atoms with Gasteiger partial charge in [-0.05, 0) is 62.9 Å². The molecule has 4 aromatic rings. The van der Waals surface area contributed by atoms with E-state index >= 15 is 0 Å². The van der Waals surface area contributed by atoms with E-state index in [1.165, 1.54) is 0 Å². The zero-order valence-electron chi connectivity index (χ0n) is 17.6. The maximum Gasteiger partial charge on any atom is 0.222 e. The second kappa shape index (κ2) is 7.59. The van der Waals surface area contributed by atoms with E-state index in [0.717, 1.165) is 59.4 Å². The first kappa shape index (κ1) is 18.9. The number of hydrogen-bond donors (Lipinski definition) is 0. The zero-order valence-corrected chi connectivity index (χ0v) is 17.6. The lowest BCUT2D eigenvalue weighted by Crippen LogP contribution is -2.39. The normalized spacial score (nSPS) is 15.3. The molecule has 154 valence electrons. The largest absolute Gasteiger partial charge is 0.351 e. The molecule has 5 rings (SSSR count). The van der Waals surface area contributed by atoms with E-state index < -0.39 is 0 Å². The third-order valence-corrected chi connectivity index (χ3v) is 6.47. The smallest absolute Gasteiger partial charge is 0.222 e. The summed E-state index contributed by atoms with van der Waals surface area (Å²) in [4.78, 5) is 19.7. The molecule has 0 saturated carbocycles. The maximum atomic E-state index is 12.9. The molecule has 1 aromatic carbocycles. The van der Waals surface area contributed by atoms with Crippen LogP contribution in [0.25, 0.3) is 16.6 Å². The van der Waals surface area contributed by atoms with Crippen LogP contribution in [0.1, 0.15) is 42.3 Å². The highest BCUT2D eigenvalue weighted by Gasteiger charge is 2.24. The van der Waals surface area contributed by atoms with Gasteiger partial charge < -0.3 is 9.47 Å². The maximum absolute atomic E-state index is 12.9. The predicted octanol–water partition coefficient (Wildman–Crippen LogP) is 4.10. The lowest BCUT2D eigenvalue weighted by Gasteiger charge is -2.33. The molecule has 1 aliphatic rings. The number of nitrogens with zero attached hydrogens (tertiary/aromatic N) is 5. The monoisotopic (exact) mass is 401 g/mol. The van der Waals surface area contributed by atoms with Crippen LogP contribution in [0.3, 0.4) is 0 Å². The van der Waals surface area contributed by atoms with Gasteiger partial charge in [0.1, 0.15) is 0 Å². The number of hydrogen-bond acceptors (Lipinski definition) is 3. The molecular weight excluding hydrogens is 374 g/mol. The molecule has 1 saturated heterocycles. The molecule has 0 aliphatic carbocycles. The highest BCUT2D eigenvalue weighted by atomic mass is 16.2. The third-order valence-electron chi connectivity index (χ3n) is 6.47. The van der Waals surface area contributed by atoms with Crippen molar-refractivity contribution < 1.29 is 4.79 Å². The second-order valence-corrected chi connectivity index (χ2v) is 8.26. The van der Waals surface area contributed by atoms with Gasteiger partial charge in [-0.25, -0.2) is 9.50 Å². The highest BCUT2D eigenvalue weighted by Crippen LogP contribution is 2.25. The van der Waals surface area contributed by atoms with E-state index in [2.05, 4.69) is 42.1 Å². The lowest BCUT2D eigenvalue weighted by atomic mass is 10.0. The summed E-state index contributed by atoms with van der Waals surface area (Å²) in [5.74, 6) is 0.241. The van der Waals surface area contributed by atoms with Crippen molar-refractivity contribution in [1.29, 1.82) is 0 Å². The summed E-state index contributed by atoms with van der Waals surface area (Å²) in [7, 11) is 0. The predicted molar refractivity (Wildman–Crippen MR) is 118 cm³/mol. The van der Waals surface area contributed by atoms with Gasteiger partial charge in [-0.2, -0.15) is 5.10 Å². The molecule has 0 radical (unpaired) electrons. The van der Waals surface area contributed by atoms with Crippen LogP contribution in [0.5, 0.6) is 0 Å². The van der Waals surface area contributed by atoms with Gasteiger partial charge >= 0.3 is 0 Å². The molecule has 30 heavy (non-hydrogen) atoms. The van der Waals surface area contributed by atoms with E-state index in [1.807, 2.05) is 34.5 Å².